The molecule has 0 spiro atoms. The largest absolute Gasteiger partial charge is 0.496 e. The summed E-state index contributed by atoms with van der Waals surface area (Å²) in [4.78, 5) is 13.1. The van der Waals surface area contributed by atoms with Gasteiger partial charge in [0, 0.05) is 32.4 Å². The molecule has 1 aliphatic heterocycles. The summed E-state index contributed by atoms with van der Waals surface area (Å²) < 4.78 is 30.0. The molecular formula is C23H28FNO4. The molecule has 29 heavy (non-hydrogen) atoms. The third-order valence-corrected chi connectivity index (χ3v) is 5.52. The van der Waals surface area contributed by atoms with E-state index in [0.717, 1.165) is 11.1 Å². The fourth-order valence-electron chi connectivity index (χ4n) is 3.89. The molecule has 156 valence electrons. The van der Waals surface area contributed by atoms with Crippen molar-refractivity contribution in [3.63, 3.8) is 0 Å². The van der Waals surface area contributed by atoms with Crippen LogP contribution >= 0.6 is 0 Å². The van der Waals surface area contributed by atoms with Gasteiger partial charge in [-0.2, -0.15) is 0 Å². The standard InChI is InChI=1S/C23H28FNO4/c1-27-14-11-25-22(26)23(9-12-29-13-10-23)16-17-5-3-4-6-19(17)20-15-18(24)7-8-21(20)28-2/h3-8,15H,9-14,16H2,1-2H3,(H,25,26). The Kier molecular flexibility index (Phi) is 7.23. The molecular weight excluding hydrogens is 373 g/mol. The molecule has 2 aromatic carbocycles. The third kappa shape index (κ3) is 4.95. The summed E-state index contributed by atoms with van der Waals surface area (Å²) in [6.45, 7) is 2.03. The van der Waals surface area contributed by atoms with Gasteiger partial charge in [-0.25, -0.2) is 4.39 Å². The molecule has 0 radical (unpaired) electrons. The number of benzene rings is 2. The molecule has 0 bridgehead atoms. The van der Waals surface area contributed by atoms with E-state index in [1.165, 1.54) is 12.1 Å². The maximum absolute atomic E-state index is 14.0. The predicted octanol–water partition coefficient (Wildman–Crippen LogP) is 3.60. The zero-order valence-electron chi connectivity index (χ0n) is 17.0. The highest BCUT2D eigenvalue weighted by Gasteiger charge is 2.40. The van der Waals surface area contributed by atoms with Crippen LogP contribution in [0.1, 0.15) is 18.4 Å². The van der Waals surface area contributed by atoms with Gasteiger partial charge < -0.3 is 19.5 Å². The minimum Gasteiger partial charge on any atom is -0.496 e. The molecule has 0 unspecified atom stereocenters. The molecule has 1 fully saturated rings. The second-order valence-electron chi connectivity index (χ2n) is 7.32. The number of hydrogen-bond acceptors (Lipinski definition) is 4. The summed E-state index contributed by atoms with van der Waals surface area (Å²) in [6, 6.07) is 12.3. The van der Waals surface area contributed by atoms with E-state index in [1.807, 2.05) is 24.3 Å². The fourth-order valence-corrected chi connectivity index (χ4v) is 3.89. The SMILES string of the molecule is COCCNC(=O)C1(Cc2ccccc2-c2cc(F)ccc2OC)CCOCC1. The molecule has 0 aromatic heterocycles. The van der Waals surface area contributed by atoms with Gasteiger partial charge >= 0.3 is 0 Å². The number of carbonyl (C=O) groups excluding carboxylic acids is 1. The van der Waals surface area contributed by atoms with Crippen molar-refractivity contribution >= 4 is 5.91 Å². The van der Waals surface area contributed by atoms with Gasteiger partial charge in [-0.05, 0) is 48.6 Å². The van der Waals surface area contributed by atoms with E-state index in [0.29, 0.717) is 56.9 Å². The number of halogens is 1. The van der Waals surface area contributed by atoms with Crippen molar-refractivity contribution in [1.29, 1.82) is 0 Å². The topological polar surface area (TPSA) is 56.8 Å². The lowest BCUT2D eigenvalue weighted by molar-refractivity contribution is -0.136. The molecule has 6 heteroatoms. The van der Waals surface area contributed by atoms with Crippen LogP contribution in [0.5, 0.6) is 5.75 Å². The minimum absolute atomic E-state index is 0.0128. The lowest BCUT2D eigenvalue weighted by Crippen LogP contribution is -2.47. The van der Waals surface area contributed by atoms with Crippen LogP contribution in [0.15, 0.2) is 42.5 Å². The number of ether oxygens (including phenoxy) is 3. The highest BCUT2D eigenvalue weighted by molar-refractivity contribution is 5.84. The Morgan fingerprint density at radius 3 is 2.62 bits per heavy atom. The van der Waals surface area contributed by atoms with Crippen LogP contribution in [0.2, 0.25) is 0 Å². The van der Waals surface area contributed by atoms with Gasteiger partial charge in [-0.15, -0.1) is 0 Å². The summed E-state index contributed by atoms with van der Waals surface area (Å²) in [6.07, 6.45) is 1.83. The molecule has 2 aromatic rings. The second kappa shape index (κ2) is 9.85. The Hall–Kier alpha value is -2.44. The van der Waals surface area contributed by atoms with Gasteiger partial charge in [0.25, 0.3) is 0 Å². The van der Waals surface area contributed by atoms with Gasteiger partial charge in [0.05, 0.1) is 19.1 Å². The van der Waals surface area contributed by atoms with E-state index in [2.05, 4.69) is 5.32 Å². The number of hydrogen-bond donors (Lipinski definition) is 1. The van der Waals surface area contributed by atoms with Crippen molar-refractivity contribution in [2.24, 2.45) is 5.41 Å². The van der Waals surface area contributed by atoms with Crippen LogP contribution in [0.25, 0.3) is 11.1 Å². The Morgan fingerprint density at radius 1 is 1.14 bits per heavy atom. The molecule has 1 amide bonds. The molecule has 0 atom stereocenters. The number of amides is 1. The summed E-state index contributed by atoms with van der Waals surface area (Å²) in [5.41, 5.74) is 1.98. The van der Waals surface area contributed by atoms with Gasteiger partial charge in [0.15, 0.2) is 0 Å². The monoisotopic (exact) mass is 401 g/mol. The predicted molar refractivity (Wildman–Crippen MR) is 109 cm³/mol. The van der Waals surface area contributed by atoms with E-state index in [4.69, 9.17) is 14.2 Å². The van der Waals surface area contributed by atoms with Gasteiger partial charge in [0.2, 0.25) is 5.91 Å². The molecule has 3 rings (SSSR count). The van der Waals surface area contributed by atoms with E-state index in [9.17, 15) is 9.18 Å². The van der Waals surface area contributed by atoms with Crippen molar-refractivity contribution < 1.29 is 23.4 Å². The lowest BCUT2D eigenvalue weighted by atomic mass is 9.73. The van der Waals surface area contributed by atoms with Crippen molar-refractivity contribution in [1.82, 2.24) is 5.32 Å². The summed E-state index contributed by atoms with van der Waals surface area (Å²) in [5, 5.41) is 3.00. The quantitative estimate of drug-likeness (QED) is 0.687. The van der Waals surface area contributed by atoms with Gasteiger partial charge in [-0.3, -0.25) is 4.79 Å². The Labute approximate surface area is 171 Å². The first-order valence-electron chi connectivity index (χ1n) is 9.86. The van der Waals surface area contributed by atoms with Crippen LogP contribution in [-0.2, 0) is 20.7 Å². The second-order valence-corrected chi connectivity index (χ2v) is 7.32. The third-order valence-electron chi connectivity index (χ3n) is 5.52. The van der Waals surface area contributed by atoms with Crippen molar-refractivity contribution in [3.05, 3.63) is 53.8 Å². The van der Waals surface area contributed by atoms with Crippen LogP contribution in [0.4, 0.5) is 4.39 Å². The first-order chi connectivity index (χ1) is 14.1. The number of carbonyl (C=O) groups is 1. The van der Waals surface area contributed by atoms with Gasteiger partial charge in [0.1, 0.15) is 11.6 Å². The van der Waals surface area contributed by atoms with E-state index in [1.54, 1.807) is 20.3 Å². The first kappa shape index (κ1) is 21.3. The number of nitrogens with one attached hydrogen (secondary N) is 1. The summed E-state index contributed by atoms with van der Waals surface area (Å²) in [5.74, 6) is 0.289. The summed E-state index contributed by atoms with van der Waals surface area (Å²) >= 11 is 0. The zero-order chi connectivity index (χ0) is 20.7. The Bertz CT molecular complexity index is 833. The average Bonchev–Trinajstić information content (AvgIpc) is 2.75. The average molecular weight is 401 g/mol. The van der Waals surface area contributed by atoms with Crippen molar-refractivity contribution in [2.45, 2.75) is 19.3 Å². The smallest absolute Gasteiger partial charge is 0.226 e. The summed E-state index contributed by atoms with van der Waals surface area (Å²) in [7, 11) is 3.18. The number of methoxy groups -OCH3 is 2. The normalized spacial score (nSPS) is 15.7. The number of rotatable bonds is 8. The van der Waals surface area contributed by atoms with E-state index < -0.39 is 5.41 Å². The minimum atomic E-state index is -0.567. The van der Waals surface area contributed by atoms with Crippen molar-refractivity contribution in [3.8, 4) is 16.9 Å². The highest BCUT2D eigenvalue weighted by atomic mass is 19.1. The molecule has 0 aliphatic carbocycles. The maximum atomic E-state index is 14.0. The maximum Gasteiger partial charge on any atom is 0.226 e. The highest BCUT2D eigenvalue weighted by Crippen LogP contribution is 2.39. The van der Waals surface area contributed by atoms with Crippen LogP contribution in [-0.4, -0.2) is 46.5 Å². The van der Waals surface area contributed by atoms with Crippen LogP contribution in [0, 0.1) is 11.2 Å². The van der Waals surface area contributed by atoms with Crippen molar-refractivity contribution in [2.75, 3.05) is 40.6 Å². The van der Waals surface area contributed by atoms with Crippen LogP contribution in [0.3, 0.4) is 0 Å². The fraction of sp³-hybridized carbons (Fsp3) is 0.435. The first-order valence-corrected chi connectivity index (χ1v) is 9.86. The molecule has 0 saturated carbocycles. The lowest BCUT2D eigenvalue weighted by Gasteiger charge is -2.36. The molecule has 1 saturated heterocycles. The van der Waals surface area contributed by atoms with Gasteiger partial charge in [-0.1, -0.05) is 24.3 Å². The van der Waals surface area contributed by atoms with E-state index in [-0.39, 0.29) is 11.7 Å². The zero-order valence-corrected chi connectivity index (χ0v) is 17.0. The molecule has 1 heterocycles. The molecule has 1 aliphatic rings. The van der Waals surface area contributed by atoms with E-state index >= 15 is 0 Å². The Balaban J connectivity index is 1.96. The van der Waals surface area contributed by atoms with Crippen LogP contribution < -0.4 is 10.1 Å². The Morgan fingerprint density at radius 2 is 1.90 bits per heavy atom. The molecule has 1 N–H and O–H groups in total. The molecule has 5 nitrogen and oxygen atoms in total.